The van der Waals surface area contributed by atoms with Gasteiger partial charge in [-0.2, -0.15) is 0 Å². The van der Waals surface area contributed by atoms with Gasteiger partial charge in [-0.25, -0.2) is 0 Å². The number of carbonyl (C=O) groups is 2. The summed E-state index contributed by atoms with van der Waals surface area (Å²) in [5.74, 6) is -0.177. The van der Waals surface area contributed by atoms with Gasteiger partial charge >= 0.3 is 0 Å². The van der Waals surface area contributed by atoms with Crippen molar-refractivity contribution in [1.82, 2.24) is 4.90 Å². The van der Waals surface area contributed by atoms with Crippen LogP contribution in [0.1, 0.15) is 22.8 Å². The van der Waals surface area contributed by atoms with Crippen LogP contribution >= 0.6 is 0 Å². The number of anilines is 1. The van der Waals surface area contributed by atoms with Gasteiger partial charge in [-0.15, -0.1) is 0 Å². The summed E-state index contributed by atoms with van der Waals surface area (Å²) in [7, 11) is 0. The largest absolute Gasteiger partial charge is 0.508 e. The van der Waals surface area contributed by atoms with Crippen molar-refractivity contribution in [1.29, 1.82) is 0 Å². The molecule has 124 valence electrons. The molecule has 0 aromatic heterocycles. The van der Waals surface area contributed by atoms with Gasteiger partial charge in [0.15, 0.2) is 0 Å². The lowest BCUT2D eigenvalue weighted by molar-refractivity contribution is -0.121. The highest BCUT2D eigenvalue weighted by Gasteiger charge is 2.33. The molecule has 1 atom stereocenters. The van der Waals surface area contributed by atoms with Crippen LogP contribution in [-0.4, -0.2) is 41.0 Å². The Morgan fingerprint density at radius 2 is 1.71 bits per heavy atom. The van der Waals surface area contributed by atoms with Gasteiger partial charge in [0.1, 0.15) is 12.3 Å². The van der Waals surface area contributed by atoms with Crippen molar-refractivity contribution in [2.75, 3.05) is 18.0 Å². The zero-order valence-corrected chi connectivity index (χ0v) is 13.8. The first-order valence-corrected chi connectivity index (χ1v) is 7.93. The molecule has 0 spiro atoms. The summed E-state index contributed by atoms with van der Waals surface area (Å²) in [4.78, 5) is 28.5. The molecule has 0 saturated carbocycles. The molecule has 1 heterocycles. The minimum Gasteiger partial charge on any atom is -0.508 e. The lowest BCUT2D eigenvalue weighted by Gasteiger charge is -2.39. The standard InChI is InChI=1S/C19H20N2O3/c1-13-3-7-16(8-4-13)21-11-14(2)20(12-18(21)23)19(24)15-5-9-17(22)10-6-15/h3-10,14,22H,11-12H2,1-2H3. The van der Waals surface area contributed by atoms with E-state index in [2.05, 4.69) is 0 Å². The maximum Gasteiger partial charge on any atom is 0.254 e. The number of nitrogens with zero attached hydrogens (tertiary/aromatic N) is 2. The average molecular weight is 324 g/mol. The van der Waals surface area contributed by atoms with Crippen LogP contribution in [0.2, 0.25) is 0 Å². The highest BCUT2D eigenvalue weighted by molar-refractivity contribution is 6.02. The zero-order valence-electron chi connectivity index (χ0n) is 13.8. The lowest BCUT2D eigenvalue weighted by atomic mass is 10.1. The molecule has 0 radical (unpaired) electrons. The zero-order chi connectivity index (χ0) is 17.3. The third-order valence-electron chi connectivity index (χ3n) is 4.31. The normalized spacial score (nSPS) is 17.9. The summed E-state index contributed by atoms with van der Waals surface area (Å²) in [6.07, 6.45) is 0. The molecule has 5 heteroatoms. The van der Waals surface area contributed by atoms with Crippen LogP contribution in [0.25, 0.3) is 0 Å². The Morgan fingerprint density at radius 3 is 2.33 bits per heavy atom. The maximum atomic E-state index is 12.6. The number of phenols is 1. The fourth-order valence-corrected chi connectivity index (χ4v) is 2.87. The predicted octanol–water partition coefficient (Wildman–Crippen LogP) is 2.58. The van der Waals surface area contributed by atoms with E-state index in [-0.39, 0.29) is 30.2 Å². The molecule has 24 heavy (non-hydrogen) atoms. The van der Waals surface area contributed by atoms with E-state index in [9.17, 15) is 14.7 Å². The fourth-order valence-electron chi connectivity index (χ4n) is 2.87. The molecule has 1 aliphatic rings. The monoisotopic (exact) mass is 324 g/mol. The van der Waals surface area contributed by atoms with Crippen molar-refractivity contribution in [3.05, 3.63) is 59.7 Å². The van der Waals surface area contributed by atoms with Crippen LogP contribution in [0.4, 0.5) is 5.69 Å². The Hall–Kier alpha value is -2.82. The van der Waals surface area contributed by atoms with Crippen LogP contribution in [0.5, 0.6) is 5.75 Å². The molecule has 2 amide bonds. The first-order valence-electron chi connectivity index (χ1n) is 7.93. The minimum atomic E-state index is -0.195. The van der Waals surface area contributed by atoms with E-state index in [1.165, 1.54) is 12.1 Å². The lowest BCUT2D eigenvalue weighted by Crippen LogP contribution is -2.57. The first-order chi connectivity index (χ1) is 11.5. The summed E-state index contributed by atoms with van der Waals surface area (Å²) < 4.78 is 0. The van der Waals surface area contributed by atoms with Gasteiger partial charge in [-0.3, -0.25) is 9.59 Å². The van der Waals surface area contributed by atoms with Crippen LogP contribution < -0.4 is 4.90 Å². The number of aryl methyl sites for hydroxylation is 1. The second kappa shape index (κ2) is 6.35. The second-order valence-corrected chi connectivity index (χ2v) is 6.17. The van der Waals surface area contributed by atoms with E-state index in [1.54, 1.807) is 21.9 Å². The SMILES string of the molecule is Cc1ccc(N2CC(C)N(C(=O)c3ccc(O)cc3)CC2=O)cc1. The van der Waals surface area contributed by atoms with Crippen molar-refractivity contribution in [3.63, 3.8) is 0 Å². The summed E-state index contributed by atoms with van der Waals surface area (Å²) in [6.45, 7) is 4.45. The summed E-state index contributed by atoms with van der Waals surface area (Å²) >= 11 is 0. The van der Waals surface area contributed by atoms with Crippen molar-refractivity contribution in [3.8, 4) is 5.75 Å². The number of piperazine rings is 1. The number of carbonyl (C=O) groups excluding carboxylic acids is 2. The molecule has 2 aromatic carbocycles. The number of benzene rings is 2. The third kappa shape index (κ3) is 3.11. The Morgan fingerprint density at radius 1 is 1.08 bits per heavy atom. The van der Waals surface area contributed by atoms with Gasteiger partial charge in [-0.05, 0) is 50.2 Å². The number of hydrogen-bond acceptors (Lipinski definition) is 3. The Labute approximate surface area is 141 Å². The Bertz CT molecular complexity index is 753. The van der Waals surface area contributed by atoms with E-state index in [1.807, 2.05) is 38.1 Å². The van der Waals surface area contributed by atoms with E-state index in [4.69, 9.17) is 0 Å². The molecule has 1 N–H and O–H groups in total. The van der Waals surface area contributed by atoms with Crippen molar-refractivity contribution in [2.24, 2.45) is 0 Å². The smallest absolute Gasteiger partial charge is 0.254 e. The van der Waals surface area contributed by atoms with E-state index in [0.29, 0.717) is 12.1 Å². The van der Waals surface area contributed by atoms with Crippen LogP contribution in [0, 0.1) is 6.92 Å². The molecule has 1 saturated heterocycles. The molecule has 0 aliphatic carbocycles. The van der Waals surface area contributed by atoms with Crippen molar-refractivity contribution < 1.29 is 14.7 Å². The first kappa shape index (κ1) is 16.1. The van der Waals surface area contributed by atoms with Crippen molar-refractivity contribution >= 4 is 17.5 Å². The maximum absolute atomic E-state index is 12.6. The highest BCUT2D eigenvalue weighted by atomic mass is 16.3. The van der Waals surface area contributed by atoms with E-state index >= 15 is 0 Å². The Kier molecular flexibility index (Phi) is 4.25. The third-order valence-corrected chi connectivity index (χ3v) is 4.31. The van der Waals surface area contributed by atoms with E-state index < -0.39 is 0 Å². The minimum absolute atomic E-state index is 0.0504. The molecule has 1 aliphatic heterocycles. The van der Waals surface area contributed by atoms with Gasteiger partial charge in [0.05, 0.1) is 0 Å². The van der Waals surface area contributed by atoms with Crippen LogP contribution in [0.3, 0.4) is 0 Å². The summed E-state index contributed by atoms with van der Waals surface area (Å²) in [5.41, 5.74) is 2.46. The predicted molar refractivity (Wildman–Crippen MR) is 92.1 cm³/mol. The number of hydrogen-bond donors (Lipinski definition) is 1. The molecule has 1 fully saturated rings. The van der Waals surface area contributed by atoms with Crippen LogP contribution in [-0.2, 0) is 4.79 Å². The van der Waals surface area contributed by atoms with E-state index in [0.717, 1.165) is 11.3 Å². The number of phenolic OH excluding ortho intramolecular Hbond substituents is 1. The van der Waals surface area contributed by atoms with Gasteiger partial charge in [0, 0.05) is 23.8 Å². The molecular weight excluding hydrogens is 304 g/mol. The molecule has 5 nitrogen and oxygen atoms in total. The molecule has 1 unspecified atom stereocenters. The highest BCUT2D eigenvalue weighted by Crippen LogP contribution is 2.22. The number of amides is 2. The molecule has 2 aromatic rings. The number of aromatic hydroxyl groups is 1. The fraction of sp³-hybridized carbons (Fsp3) is 0.263. The summed E-state index contributed by atoms with van der Waals surface area (Å²) in [5, 5.41) is 9.34. The van der Waals surface area contributed by atoms with Gasteiger partial charge in [0.2, 0.25) is 5.91 Å². The van der Waals surface area contributed by atoms with Crippen molar-refractivity contribution in [2.45, 2.75) is 19.9 Å². The average Bonchev–Trinajstić information content (AvgIpc) is 2.57. The molecular formula is C19H20N2O3. The Balaban J connectivity index is 1.77. The van der Waals surface area contributed by atoms with Gasteiger partial charge < -0.3 is 14.9 Å². The molecule has 3 rings (SSSR count). The second-order valence-electron chi connectivity index (χ2n) is 6.17. The topological polar surface area (TPSA) is 60.9 Å². The summed E-state index contributed by atoms with van der Waals surface area (Å²) in [6, 6.07) is 13.8. The van der Waals surface area contributed by atoms with Gasteiger partial charge in [-0.1, -0.05) is 17.7 Å². The van der Waals surface area contributed by atoms with Gasteiger partial charge in [0.25, 0.3) is 5.91 Å². The quantitative estimate of drug-likeness (QED) is 0.923. The number of rotatable bonds is 2. The van der Waals surface area contributed by atoms with Crippen LogP contribution in [0.15, 0.2) is 48.5 Å². The molecule has 0 bridgehead atoms.